The molecule has 0 bridgehead atoms. The molecule has 3 aromatic rings. The highest BCUT2D eigenvalue weighted by atomic mass is 35.5. The second-order valence-corrected chi connectivity index (χ2v) is 8.41. The summed E-state index contributed by atoms with van der Waals surface area (Å²) in [5.41, 5.74) is 2.26. The van der Waals surface area contributed by atoms with Crippen LogP contribution in [0.5, 0.6) is 11.5 Å². The fourth-order valence-electron chi connectivity index (χ4n) is 2.69. The van der Waals surface area contributed by atoms with Crippen LogP contribution in [-0.2, 0) is 10.1 Å². The minimum atomic E-state index is -4.05. The molecule has 0 saturated carbocycles. The molecular weight excluding hydrogens is 422 g/mol. The first-order chi connectivity index (χ1) is 14.3. The summed E-state index contributed by atoms with van der Waals surface area (Å²) in [7, 11) is -2.50. The largest absolute Gasteiger partial charge is 0.497 e. The lowest BCUT2D eigenvalue weighted by Crippen LogP contribution is -2.10. The molecule has 0 aliphatic heterocycles. The normalized spacial score (nSPS) is 11.6. The summed E-state index contributed by atoms with van der Waals surface area (Å²) in [6, 6.07) is 19.9. The van der Waals surface area contributed by atoms with E-state index in [1.807, 2.05) is 6.92 Å². The lowest BCUT2D eigenvalue weighted by Gasteiger charge is -2.11. The Hall–Kier alpha value is -3.27. The lowest BCUT2D eigenvalue weighted by molar-refractivity contribution is 0.415. The van der Waals surface area contributed by atoms with E-state index in [4.69, 9.17) is 20.5 Å². The number of hydrogen-bond acceptors (Lipinski definition) is 5. The highest BCUT2D eigenvalue weighted by Crippen LogP contribution is 2.30. The van der Waals surface area contributed by atoms with Crippen LogP contribution < -0.4 is 8.92 Å². The van der Waals surface area contributed by atoms with Gasteiger partial charge in [0.25, 0.3) is 0 Å². The molecule has 0 spiro atoms. The minimum Gasteiger partial charge on any atom is -0.497 e. The van der Waals surface area contributed by atoms with Crippen LogP contribution in [0.25, 0.3) is 11.6 Å². The van der Waals surface area contributed by atoms with E-state index in [1.165, 1.54) is 30.3 Å². The molecule has 0 radical (unpaired) electrons. The van der Waals surface area contributed by atoms with Gasteiger partial charge in [0.2, 0.25) is 0 Å². The summed E-state index contributed by atoms with van der Waals surface area (Å²) < 4.78 is 35.9. The molecule has 0 N–H and O–H groups in total. The Morgan fingerprint density at radius 2 is 1.70 bits per heavy atom. The molecular formula is C23H18ClNO4S. The topological polar surface area (TPSA) is 76.4 Å². The van der Waals surface area contributed by atoms with Gasteiger partial charge in [-0.2, -0.15) is 13.7 Å². The van der Waals surface area contributed by atoms with Gasteiger partial charge in [-0.15, -0.1) is 0 Å². The average Bonchev–Trinajstić information content (AvgIpc) is 2.74. The Morgan fingerprint density at radius 3 is 2.30 bits per heavy atom. The predicted molar refractivity (Wildman–Crippen MR) is 117 cm³/mol. The van der Waals surface area contributed by atoms with Crippen molar-refractivity contribution >= 4 is 33.4 Å². The molecule has 30 heavy (non-hydrogen) atoms. The number of hydrogen-bond donors (Lipinski definition) is 0. The van der Waals surface area contributed by atoms with Crippen molar-refractivity contribution < 1.29 is 17.3 Å². The zero-order chi connectivity index (χ0) is 21.7. The molecule has 0 aromatic heterocycles. The van der Waals surface area contributed by atoms with Crippen molar-refractivity contribution in [1.29, 1.82) is 5.26 Å². The third kappa shape index (κ3) is 5.01. The van der Waals surface area contributed by atoms with E-state index in [2.05, 4.69) is 6.07 Å². The van der Waals surface area contributed by atoms with Crippen molar-refractivity contribution in [1.82, 2.24) is 0 Å². The van der Waals surface area contributed by atoms with Gasteiger partial charge >= 0.3 is 10.1 Å². The number of ether oxygens (including phenoxy) is 1. The Balaban J connectivity index is 2.01. The quantitative estimate of drug-likeness (QED) is 0.288. The first kappa shape index (κ1) is 21.4. The number of allylic oxidation sites excluding steroid dienone is 1. The standard InChI is InChI=1S/C23H18ClNO4S/c1-16-3-10-22(11-4-16)30(26,27)29-23-12-7-20(24)14-18(23)13-19(15-25)17-5-8-21(28-2)9-6-17/h3-14H,1-2H3/b19-13+. The minimum absolute atomic E-state index is 0.0358. The molecule has 7 heteroatoms. The molecule has 0 amide bonds. The molecule has 3 aromatic carbocycles. The van der Waals surface area contributed by atoms with Gasteiger partial charge < -0.3 is 8.92 Å². The van der Waals surface area contributed by atoms with Crippen LogP contribution in [0.15, 0.2) is 71.6 Å². The molecule has 0 aliphatic rings. The summed E-state index contributed by atoms with van der Waals surface area (Å²) in [4.78, 5) is 0.0358. The summed E-state index contributed by atoms with van der Waals surface area (Å²) in [5, 5.41) is 10.0. The zero-order valence-electron chi connectivity index (χ0n) is 16.3. The molecule has 0 fully saturated rings. The van der Waals surface area contributed by atoms with Crippen molar-refractivity contribution in [2.45, 2.75) is 11.8 Å². The lowest BCUT2D eigenvalue weighted by atomic mass is 10.0. The van der Waals surface area contributed by atoms with Crippen LogP contribution in [-0.4, -0.2) is 15.5 Å². The molecule has 3 rings (SSSR count). The fraction of sp³-hybridized carbons (Fsp3) is 0.0870. The molecule has 0 heterocycles. The zero-order valence-corrected chi connectivity index (χ0v) is 17.9. The molecule has 152 valence electrons. The van der Waals surface area contributed by atoms with E-state index in [0.717, 1.165) is 5.56 Å². The maximum atomic E-state index is 12.7. The van der Waals surface area contributed by atoms with Crippen molar-refractivity contribution in [3.63, 3.8) is 0 Å². The predicted octanol–water partition coefficient (Wildman–Crippen LogP) is 5.49. The van der Waals surface area contributed by atoms with Gasteiger partial charge in [-0.1, -0.05) is 29.3 Å². The summed E-state index contributed by atoms with van der Waals surface area (Å²) in [6.07, 6.45) is 1.54. The third-order valence-electron chi connectivity index (χ3n) is 4.30. The Bertz CT molecular complexity index is 1230. The number of methoxy groups -OCH3 is 1. The van der Waals surface area contributed by atoms with Gasteiger partial charge in [0.15, 0.2) is 0 Å². The molecule has 0 atom stereocenters. The van der Waals surface area contributed by atoms with Crippen molar-refractivity contribution in [3.8, 4) is 17.6 Å². The van der Waals surface area contributed by atoms with Gasteiger partial charge in [0.1, 0.15) is 16.4 Å². The average molecular weight is 440 g/mol. The van der Waals surface area contributed by atoms with Crippen LogP contribution in [0.4, 0.5) is 0 Å². The number of nitriles is 1. The fourth-order valence-corrected chi connectivity index (χ4v) is 3.82. The van der Waals surface area contributed by atoms with Crippen molar-refractivity contribution in [2.24, 2.45) is 0 Å². The van der Waals surface area contributed by atoms with E-state index < -0.39 is 10.1 Å². The Morgan fingerprint density at radius 1 is 1.03 bits per heavy atom. The van der Waals surface area contributed by atoms with Crippen LogP contribution in [0.3, 0.4) is 0 Å². The second kappa shape index (κ2) is 9.04. The van der Waals surface area contributed by atoms with Gasteiger partial charge in [0.05, 0.1) is 18.8 Å². The van der Waals surface area contributed by atoms with Gasteiger partial charge in [0, 0.05) is 10.6 Å². The molecule has 5 nitrogen and oxygen atoms in total. The number of aryl methyl sites for hydroxylation is 1. The number of nitrogens with zero attached hydrogens (tertiary/aromatic N) is 1. The summed E-state index contributed by atoms with van der Waals surface area (Å²) >= 11 is 6.10. The maximum absolute atomic E-state index is 12.7. The number of benzene rings is 3. The van der Waals surface area contributed by atoms with E-state index in [0.29, 0.717) is 27.5 Å². The van der Waals surface area contributed by atoms with Crippen LogP contribution in [0.1, 0.15) is 16.7 Å². The monoisotopic (exact) mass is 439 g/mol. The van der Waals surface area contributed by atoms with E-state index in [9.17, 15) is 13.7 Å². The smallest absolute Gasteiger partial charge is 0.339 e. The van der Waals surface area contributed by atoms with E-state index >= 15 is 0 Å². The van der Waals surface area contributed by atoms with Crippen LogP contribution in [0.2, 0.25) is 5.02 Å². The Kier molecular flexibility index (Phi) is 6.46. The summed E-state index contributed by atoms with van der Waals surface area (Å²) in [5.74, 6) is 0.730. The second-order valence-electron chi connectivity index (χ2n) is 6.43. The SMILES string of the molecule is COc1ccc(/C(C#N)=C/c2cc(Cl)ccc2OS(=O)(=O)c2ccc(C)cc2)cc1. The van der Waals surface area contributed by atoms with Crippen molar-refractivity contribution in [3.05, 3.63) is 88.4 Å². The van der Waals surface area contributed by atoms with E-state index in [-0.39, 0.29) is 10.6 Å². The highest BCUT2D eigenvalue weighted by Gasteiger charge is 2.18. The first-order valence-corrected chi connectivity index (χ1v) is 10.7. The first-order valence-electron chi connectivity index (χ1n) is 8.89. The molecule has 0 unspecified atom stereocenters. The molecule has 0 saturated heterocycles. The number of halogens is 1. The van der Waals surface area contributed by atoms with Gasteiger partial charge in [-0.25, -0.2) is 0 Å². The number of rotatable bonds is 6. The summed E-state index contributed by atoms with van der Waals surface area (Å²) in [6.45, 7) is 1.86. The van der Waals surface area contributed by atoms with Gasteiger partial charge in [-0.05, 0) is 73.2 Å². The highest BCUT2D eigenvalue weighted by molar-refractivity contribution is 7.87. The van der Waals surface area contributed by atoms with Crippen LogP contribution >= 0.6 is 11.6 Å². The van der Waals surface area contributed by atoms with Crippen LogP contribution in [0, 0.1) is 18.3 Å². The maximum Gasteiger partial charge on any atom is 0.339 e. The third-order valence-corrected chi connectivity index (χ3v) is 5.79. The molecule has 0 aliphatic carbocycles. The van der Waals surface area contributed by atoms with Gasteiger partial charge in [-0.3, -0.25) is 0 Å². The van der Waals surface area contributed by atoms with E-state index in [1.54, 1.807) is 49.6 Å². The Labute approximate surface area is 180 Å². The van der Waals surface area contributed by atoms with Crippen molar-refractivity contribution in [2.75, 3.05) is 7.11 Å².